The number of pyridine rings is 1. The van der Waals surface area contributed by atoms with E-state index in [1.807, 2.05) is 11.0 Å². The van der Waals surface area contributed by atoms with Crippen molar-refractivity contribution in [2.24, 2.45) is 5.41 Å². The number of aromatic nitrogens is 1. The summed E-state index contributed by atoms with van der Waals surface area (Å²) in [7, 11) is 0. The van der Waals surface area contributed by atoms with Gasteiger partial charge in [-0.15, -0.1) is 17.9 Å². The molecule has 1 atom stereocenters. The zero-order valence-electron chi connectivity index (χ0n) is 18.0. The van der Waals surface area contributed by atoms with E-state index in [1.165, 1.54) is 10.4 Å². The maximum atomic E-state index is 13.3. The molecule has 3 aromatic rings. The van der Waals surface area contributed by atoms with E-state index in [0.29, 0.717) is 31.6 Å². The summed E-state index contributed by atoms with van der Waals surface area (Å²) in [5, 5.41) is 5.06. The highest BCUT2D eigenvalue weighted by Gasteiger charge is 2.43. The van der Waals surface area contributed by atoms with Crippen LogP contribution in [0, 0.1) is 5.41 Å². The molecule has 0 spiro atoms. The third-order valence-corrected chi connectivity index (χ3v) is 6.90. The fraction of sp³-hybridized carbons (Fsp3) is 0.269. The molecule has 0 unspecified atom stereocenters. The van der Waals surface area contributed by atoms with Crippen molar-refractivity contribution in [1.82, 2.24) is 15.2 Å². The molecule has 3 heterocycles. The largest absolute Gasteiger partial charge is 0.352 e. The Morgan fingerprint density at radius 2 is 1.94 bits per heavy atom. The molecule has 0 aliphatic carbocycles. The van der Waals surface area contributed by atoms with Crippen LogP contribution in [0.2, 0.25) is 0 Å². The quantitative estimate of drug-likeness (QED) is 0.542. The van der Waals surface area contributed by atoms with E-state index in [9.17, 15) is 9.59 Å². The van der Waals surface area contributed by atoms with E-state index in [-0.39, 0.29) is 11.8 Å². The van der Waals surface area contributed by atoms with Crippen LogP contribution in [0.5, 0.6) is 0 Å². The Labute approximate surface area is 192 Å². The summed E-state index contributed by atoms with van der Waals surface area (Å²) in [6.45, 7) is 5.17. The smallest absolute Gasteiger partial charge is 0.253 e. The van der Waals surface area contributed by atoms with Crippen LogP contribution in [0.25, 0.3) is 10.4 Å². The van der Waals surface area contributed by atoms with Gasteiger partial charge in [0, 0.05) is 42.5 Å². The van der Waals surface area contributed by atoms with Crippen molar-refractivity contribution in [2.45, 2.75) is 19.3 Å². The molecule has 1 N–H and O–H groups in total. The molecule has 4 rings (SSSR count). The number of nitrogens with zero attached hydrogens (tertiary/aromatic N) is 2. The second-order valence-corrected chi connectivity index (χ2v) is 9.14. The molecule has 0 saturated carbocycles. The lowest BCUT2D eigenvalue weighted by Crippen LogP contribution is -2.54. The van der Waals surface area contributed by atoms with E-state index < -0.39 is 5.41 Å². The lowest BCUT2D eigenvalue weighted by molar-refractivity contribution is -0.133. The van der Waals surface area contributed by atoms with E-state index in [0.717, 1.165) is 18.4 Å². The highest BCUT2D eigenvalue weighted by molar-refractivity contribution is 7.13. The Kier molecular flexibility index (Phi) is 6.81. The topological polar surface area (TPSA) is 62.3 Å². The molecular formula is C26H27N3O2S. The average Bonchev–Trinajstić information content (AvgIpc) is 3.38. The first kappa shape index (κ1) is 22.0. The van der Waals surface area contributed by atoms with Gasteiger partial charge in [0.1, 0.15) is 0 Å². The summed E-state index contributed by atoms with van der Waals surface area (Å²) in [6.07, 6.45) is 7.03. The van der Waals surface area contributed by atoms with Gasteiger partial charge < -0.3 is 10.2 Å². The normalized spacial score (nSPS) is 18.2. The third kappa shape index (κ3) is 4.81. The van der Waals surface area contributed by atoms with Crippen molar-refractivity contribution < 1.29 is 9.59 Å². The van der Waals surface area contributed by atoms with Crippen molar-refractivity contribution in [1.29, 1.82) is 0 Å². The summed E-state index contributed by atoms with van der Waals surface area (Å²) < 4.78 is 0. The van der Waals surface area contributed by atoms with Gasteiger partial charge in [-0.3, -0.25) is 14.6 Å². The molecule has 2 amide bonds. The first-order chi connectivity index (χ1) is 15.6. The number of benzene rings is 1. The maximum absolute atomic E-state index is 13.3. The van der Waals surface area contributed by atoms with Gasteiger partial charge >= 0.3 is 0 Å². The van der Waals surface area contributed by atoms with Gasteiger partial charge in [0.25, 0.3) is 5.91 Å². The molecule has 2 aromatic heterocycles. The number of carbonyl (C=O) groups excluding carboxylic acids is 2. The number of amides is 2. The van der Waals surface area contributed by atoms with Crippen LogP contribution in [0.15, 0.2) is 79.0 Å². The van der Waals surface area contributed by atoms with E-state index in [2.05, 4.69) is 52.6 Å². The summed E-state index contributed by atoms with van der Waals surface area (Å²) >= 11 is 1.71. The minimum atomic E-state index is -0.672. The molecule has 164 valence electrons. The molecular weight excluding hydrogens is 418 g/mol. The lowest BCUT2D eigenvalue weighted by atomic mass is 9.74. The first-order valence-corrected chi connectivity index (χ1v) is 11.7. The Balaban J connectivity index is 1.58. The van der Waals surface area contributed by atoms with Crippen molar-refractivity contribution in [3.63, 3.8) is 0 Å². The van der Waals surface area contributed by atoms with Crippen molar-refractivity contribution in [3.05, 3.63) is 90.1 Å². The molecule has 5 nitrogen and oxygen atoms in total. The maximum Gasteiger partial charge on any atom is 0.253 e. The van der Waals surface area contributed by atoms with Gasteiger partial charge in [0.2, 0.25) is 5.91 Å². The number of hydrogen-bond donors (Lipinski definition) is 1. The highest BCUT2D eigenvalue weighted by Crippen LogP contribution is 2.35. The number of carbonyl (C=O) groups is 2. The van der Waals surface area contributed by atoms with Gasteiger partial charge in [-0.1, -0.05) is 36.4 Å². The molecule has 1 aliphatic heterocycles. The third-order valence-electron chi connectivity index (χ3n) is 5.98. The van der Waals surface area contributed by atoms with Crippen LogP contribution in [-0.2, 0) is 11.2 Å². The fourth-order valence-electron chi connectivity index (χ4n) is 4.36. The van der Waals surface area contributed by atoms with E-state index in [1.54, 1.807) is 41.9 Å². The predicted octanol–water partition coefficient (Wildman–Crippen LogP) is 4.58. The molecule has 32 heavy (non-hydrogen) atoms. The highest BCUT2D eigenvalue weighted by atomic mass is 32.1. The van der Waals surface area contributed by atoms with Crippen LogP contribution in [-0.4, -0.2) is 41.3 Å². The van der Waals surface area contributed by atoms with Crippen LogP contribution in [0.3, 0.4) is 0 Å². The number of piperidine rings is 1. The van der Waals surface area contributed by atoms with Crippen LogP contribution in [0.1, 0.15) is 28.8 Å². The average molecular weight is 446 g/mol. The predicted molar refractivity (Wildman–Crippen MR) is 128 cm³/mol. The summed E-state index contributed by atoms with van der Waals surface area (Å²) in [4.78, 5) is 33.5. The Morgan fingerprint density at radius 3 is 2.62 bits per heavy atom. The minimum absolute atomic E-state index is 0.0213. The SMILES string of the molecule is C=CCNC(=O)[C@]1(Cc2ccc(-c3cccs3)cc2)CCCN(C(=O)c2ccncc2)C1. The Hall–Kier alpha value is -3.25. The van der Waals surface area contributed by atoms with Gasteiger partial charge in [-0.05, 0) is 54.0 Å². The van der Waals surface area contributed by atoms with Gasteiger partial charge in [-0.2, -0.15) is 0 Å². The van der Waals surface area contributed by atoms with Crippen LogP contribution in [0.4, 0.5) is 0 Å². The first-order valence-electron chi connectivity index (χ1n) is 10.8. The zero-order valence-corrected chi connectivity index (χ0v) is 18.8. The number of likely N-dealkylation sites (tertiary alicyclic amines) is 1. The lowest BCUT2D eigenvalue weighted by Gasteiger charge is -2.42. The molecule has 1 fully saturated rings. The number of rotatable bonds is 7. The standard InChI is InChI=1S/C26H27N3O2S/c1-2-13-28-25(31)26(18-20-6-8-21(9-7-20)23-5-3-17-32-23)12-4-16-29(19-26)24(30)22-10-14-27-15-11-22/h2-3,5-11,14-15,17H,1,4,12-13,16,18-19H2,(H,28,31)/t26-/m0/s1. The summed E-state index contributed by atoms with van der Waals surface area (Å²) in [6, 6.07) is 16.0. The Bertz CT molecular complexity index is 1060. The number of hydrogen-bond acceptors (Lipinski definition) is 4. The van der Waals surface area contributed by atoms with Crippen LogP contribution >= 0.6 is 11.3 Å². The fourth-order valence-corrected chi connectivity index (χ4v) is 5.10. The zero-order chi connectivity index (χ0) is 22.4. The van der Waals surface area contributed by atoms with Crippen molar-refractivity contribution in [3.8, 4) is 10.4 Å². The molecule has 6 heteroatoms. The van der Waals surface area contributed by atoms with Crippen LogP contribution < -0.4 is 5.32 Å². The van der Waals surface area contributed by atoms with Gasteiger partial charge in [-0.25, -0.2) is 0 Å². The van der Waals surface area contributed by atoms with Gasteiger partial charge in [0.15, 0.2) is 0 Å². The molecule has 1 saturated heterocycles. The van der Waals surface area contributed by atoms with Crippen molar-refractivity contribution >= 4 is 23.2 Å². The molecule has 1 aliphatic rings. The summed E-state index contributed by atoms with van der Waals surface area (Å²) in [5.74, 6) is -0.0759. The molecule has 1 aromatic carbocycles. The molecule has 0 bridgehead atoms. The summed E-state index contributed by atoms with van der Waals surface area (Å²) in [5.41, 5.74) is 2.20. The molecule has 0 radical (unpaired) electrons. The van der Waals surface area contributed by atoms with Crippen molar-refractivity contribution in [2.75, 3.05) is 19.6 Å². The number of nitrogens with one attached hydrogen (secondary N) is 1. The van der Waals surface area contributed by atoms with E-state index >= 15 is 0 Å². The Morgan fingerprint density at radius 1 is 1.16 bits per heavy atom. The minimum Gasteiger partial charge on any atom is -0.352 e. The monoisotopic (exact) mass is 445 g/mol. The van der Waals surface area contributed by atoms with E-state index in [4.69, 9.17) is 0 Å². The second kappa shape index (κ2) is 9.92. The van der Waals surface area contributed by atoms with Gasteiger partial charge in [0.05, 0.1) is 5.41 Å². The second-order valence-electron chi connectivity index (χ2n) is 8.20. The number of thiophene rings is 1.